The standard InChI is InChI=1S/C29H22Cl2N2O5S/c1-3-37-18-6-8-21-23(13-18)39-29(32-21)33-25(15-4-7-19(30)20(31)12-15)24(27(35)28(33)36)26(34)16-5-9-22-17(11-16)10-14(2)38-22/h4-9,11-14,25,34H,3,10H2,1-2H3/t14-,25-/m1/s1. The van der Waals surface area contributed by atoms with Crippen LogP contribution in [0.15, 0.2) is 60.2 Å². The summed E-state index contributed by atoms with van der Waals surface area (Å²) >= 11 is 13.8. The molecule has 0 spiro atoms. The van der Waals surface area contributed by atoms with Gasteiger partial charge in [0.1, 0.15) is 23.4 Å². The number of Topliss-reactive ketones (excluding diaryl/α,β-unsaturated/α-hetero) is 1. The van der Waals surface area contributed by atoms with Crippen LogP contribution in [0.1, 0.15) is 36.6 Å². The fourth-order valence-electron chi connectivity index (χ4n) is 5.00. The van der Waals surface area contributed by atoms with Gasteiger partial charge in [-0.1, -0.05) is 40.6 Å². The second kappa shape index (κ2) is 9.86. The predicted octanol–water partition coefficient (Wildman–Crippen LogP) is 6.95. The van der Waals surface area contributed by atoms with Gasteiger partial charge in [-0.2, -0.15) is 0 Å². The molecular formula is C29H22Cl2N2O5S. The number of amides is 1. The zero-order valence-corrected chi connectivity index (χ0v) is 23.2. The number of aliphatic hydroxyl groups is 1. The number of aliphatic hydroxyl groups excluding tert-OH is 1. The number of ether oxygens (including phenoxy) is 2. The van der Waals surface area contributed by atoms with Gasteiger partial charge in [0.25, 0.3) is 5.78 Å². The summed E-state index contributed by atoms with van der Waals surface area (Å²) in [5.74, 6) is -0.480. The summed E-state index contributed by atoms with van der Waals surface area (Å²) in [6.45, 7) is 4.37. The Morgan fingerprint density at radius 2 is 1.95 bits per heavy atom. The molecule has 2 aliphatic rings. The minimum absolute atomic E-state index is 0.0152. The molecule has 2 aliphatic heterocycles. The molecule has 0 radical (unpaired) electrons. The minimum atomic E-state index is -0.977. The molecule has 1 aromatic heterocycles. The summed E-state index contributed by atoms with van der Waals surface area (Å²) in [4.78, 5) is 33.1. The van der Waals surface area contributed by atoms with Crippen molar-refractivity contribution in [3.05, 3.63) is 86.9 Å². The molecule has 1 fully saturated rings. The first kappa shape index (κ1) is 25.7. The van der Waals surface area contributed by atoms with E-state index in [1.807, 2.05) is 19.9 Å². The summed E-state index contributed by atoms with van der Waals surface area (Å²) in [5, 5.41) is 12.4. The lowest BCUT2D eigenvalue weighted by atomic mass is 9.94. The Labute approximate surface area is 238 Å². The Kier molecular flexibility index (Phi) is 6.49. The molecule has 7 nitrogen and oxygen atoms in total. The lowest BCUT2D eigenvalue weighted by Gasteiger charge is -2.23. The van der Waals surface area contributed by atoms with Gasteiger partial charge < -0.3 is 14.6 Å². The third-order valence-electron chi connectivity index (χ3n) is 6.74. The van der Waals surface area contributed by atoms with E-state index in [1.54, 1.807) is 48.5 Å². The van der Waals surface area contributed by atoms with E-state index in [0.29, 0.717) is 45.6 Å². The van der Waals surface area contributed by atoms with Crippen LogP contribution in [0.25, 0.3) is 16.0 Å². The van der Waals surface area contributed by atoms with Gasteiger partial charge in [0.05, 0.1) is 38.5 Å². The van der Waals surface area contributed by atoms with Gasteiger partial charge in [-0.15, -0.1) is 0 Å². The van der Waals surface area contributed by atoms with Gasteiger partial charge in [0.2, 0.25) is 0 Å². The van der Waals surface area contributed by atoms with Crippen LogP contribution in [0.4, 0.5) is 5.13 Å². The summed E-state index contributed by atoms with van der Waals surface area (Å²) in [6, 6.07) is 14.6. The van der Waals surface area contributed by atoms with Crippen molar-refractivity contribution in [3.63, 3.8) is 0 Å². The zero-order chi connectivity index (χ0) is 27.4. The molecule has 1 amide bonds. The average molecular weight is 581 g/mol. The second-order valence-electron chi connectivity index (χ2n) is 9.36. The van der Waals surface area contributed by atoms with Crippen LogP contribution in [0, 0.1) is 0 Å². The number of carbonyl (C=O) groups is 2. The van der Waals surface area contributed by atoms with Crippen molar-refractivity contribution in [1.82, 2.24) is 4.98 Å². The molecule has 3 aromatic carbocycles. The number of benzene rings is 3. The van der Waals surface area contributed by atoms with Crippen LogP contribution in [-0.4, -0.2) is 34.5 Å². The van der Waals surface area contributed by atoms with Crippen molar-refractivity contribution in [3.8, 4) is 11.5 Å². The lowest BCUT2D eigenvalue weighted by Crippen LogP contribution is -2.29. The molecule has 39 heavy (non-hydrogen) atoms. The number of hydrogen-bond donors (Lipinski definition) is 1. The Bertz CT molecular complexity index is 1700. The van der Waals surface area contributed by atoms with Crippen LogP contribution >= 0.6 is 34.5 Å². The van der Waals surface area contributed by atoms with E-state index in [4.69, 9.17) is 32.7 Å². The number of rotatable bonds is 5. The highest BCUT2D eigenvalue weighted by Crippen LogP contribution is 2.46. The van der Waals surface area contributed by atoms with Gasteiger partial charge in [-0.25, -0.2) is 4.98 Å². The van der Waals surface area contributed by atoms with Crippen LogP contribution in [0.2, 0.25) is 10.0 Å². The molecule has 0 bridgehead atoms. The molecule has 6 rings (SSSR count). The molecule has 10 heteroatoms. The smallest absolute Gasteiger partial charge is 0.301 e. The molecular weight excluding hydrogens is 559 g/mol. The molecule has 2 atom stereocenters. The number of aromatic nitrogens is 1. The van der Waals surface area contributed by atoms with Crippen LogP contribution in [0.3, 0.4) is 0 Å². The van der Waals surface area contributed by atoms with Gasteiger partial charge >= 0.3 is 5.91 Å². The maximum Gasteiger partial charge on any atom is 0.301 e. The van der Waals surface area contributed by atoms with E-state index in [0.717, 1.165) is 16.0 Å². The number of ketones is 1. The van der Waals surface area contributed by atoms with E-state index in [1.165, 1.54) is 16.2 Å². The molecule has 0 aliphatic carbocycles. The summed E-state index contributed by atoms with van der Waals surface area (Å²) in [6.07, 6.45) is 0.692. The number of thiazole rings is 1. The molecule has 1 N–H and O–H groups in total. The predicted molar refractivity (Wildman–Crippen MR) is 152 cm³/mol. The zero-order valence-electron chi connectivity index (χ0n) is 20.9. The maximum atomic E-state index is 13.6. The third kappa shape index (κ3) is 4.42. The van der Waals surface area contributed by atoms with Crippen molar-refractivity contribution in [1.29, 1.82) is 0 Å². The van der Waals surface area contributed by atoms with Crippen molar-refractivity contribution in [2.24, 2.45) is 0 Å². The lowest BCUT2D eigenvalue weighted by molar-refractivity contribution is -0.132. The van der Waals surface area contributed by atoms with Gasteiger partial charge in [0, 0.05) is 12.0 Å². The molecule has 198 valence electrons. The highest BCUT2D eigenvalue weighted by atomic mass is 35.5. The topological polar surface area (TPSA) is 89.0 Å². The van der Waals surface area contributed by atoms with Gasteiger partial charge in [-0.05, 0) is 73.5 Å². The highest BCUT2D eigenvalue weighted by molar-refractivity contribution is 7.22. The van der Waals surface area contributed by atoms with Crippen molar-refractivity contribution in [2.75, 3.05) is 11.5 Å². The Balaban J connectivity index is 1.52. The molecule has 3 heterocycles. The summed E-state index contributed by atoms with van der Waals surface area (Å²) in [5.41, 5.74) is 2.45. The molecule has 4 aromatic rings. The van der Waals surface area contributed by atoms with E-state index in [-0.39, 0.29) is 22.5 Å². The Hall–Kier alpha value is -3.59. The van der Waals surface area contributed by atoms with Gasteiger partial charge in [0.15, 0.2) is 5.13 Å². The van der Waals surface area contributed by atoms with Crippen molar-refractivity contribution in [2.45, 2.75) is 32.4 Å². The van der Waals surface area contributed by atoms with E-state index in [2.05, 4.69) is 4.98 Å². The highest BCUT2D eigenvalue weighted by Gasteiger charge is 2.48. The van der Waals surface area contributed by atoms with Crippen molar-refractivity contribution < 1.29 is 24.2 Å². The third-order valence-corrected chi connectivity index (χ3v) is 8.50. The molecule has 1 saturated heterocycles. The number of carbonyl (C=O) groups excluding carboxylic acids is 2. The number of anilines is 1. The number of hydrogen-bond acceptors (Lipinski definition) is 7. The van der Waals surface area contributed by atoms with Crippen LogP contribution < -0.4 is 14.4 Å². The average Bonchev–Trinajstić information content (AvgIpc) is 3.57. The number of halogens is 2. The van der Waals surface area contributed by atoms with E-state index in [9.17, 15) is 14.7 Å². The van der Waals surface area contributed by atoms with Crippen LogP contribution in [-0.2, 0) is 16.0 Å². The number of fused-ring (bicyclic) bond motifs is 2. The van der Waals surface area contributed by atoms with Crippen molar-refractivity contribution >= 4 is 67.3 Å². The maximum absolute atomic E-state index is 13.6. The first-order chi connectivity index (χ1) is 18.7. The molecule has 0 saturated carbocycles. The second-order valence-corrected chi connectivity index (χ2v) is 11.2. The van der Waals surface area contributed by atoms with E-state index >= 15 is 0 Å². The van der Waals surface area contributed by atoms with E-state index < -0.39 is 17.7 Å². The monoisotopic (exact) mass is 580 g/mol. The normalized spacial score (nSPS) is 19.9. The number of nitrogens with zero attached hydrogens (tertiary/aromatic N) is 2. The Morgan fingerprint density at radius 3 is 2.72 bits per heavy atom. The van der Waals surface area contributed by atoms with Crippen LogP contribution in [0.5, 0.6) is 11.5 Å². The quantitative estimate of drug-likeness (QED) is 0.156. The van der Waals surface area contributed by atoms with Gasteiger partial charge in [-0.3, -0.25) is 14.5 Å². The summed E-state index contributed by atoms with van der Waals surface area (Å²) in [7, 11) is 0. The first-order valence-electron chi connectivity index (χ1n) is 12.3. The SMILES string of the molecule is CCOc1ccc2nc(N3C(=O)C(=O)C(=C(O)c4ccc5c(c4)C[C@@H](C)O5)[C@H]3c3ccc(Cl)c(Cl)c3)sc2c1. The summed E-state index contributed by atoms with van der Waals surface area (Å²) < 4.78 is 12.2. The largest absolute Gasteiger partial charge is 0.507 e. The molecule has 0 unspecified atom stereocenters. The fraction of sp³-hybridized carbons (Fsp3) is 0.207. The Morgan fingerprint density at radius 1 is 1.13 bits per heavy atom. The fourth-order valence-corrected chi connectivity index (χ4v) is 6.33. The first-order valence-corrected chi connectivity index (χ1v) is 13.9. The minimum Gasteiger partial charge on any atom is -0.507 e.